The molecule has 1 atom stereocenters. The zero-order valence-corrected chi connectivity index (χ0v) is 24.5. The minimum atomic E-state index is -0.846. The first-order valence-electron chi connectivity index (χ1n) is 11.6. The highest BCUT2D eigenvalue weighted by molar-refractivity contribution is 9.10. The number of furan rings is 1. The first-order chi connectivity index (χ1) is 18.1. The van der Waals surface area contributed by atoms with Crippen LogP contribution in [0.1, 0.15) is 31.2 Å². The number of thiazole rings is 1. The Hall–Kier alpha value is -3.51. The molecule has 0 fully saturated rings. The summed E-state index contributed by atoms with van der Waals surface area (Å²) < 4.78 is 30.5. The van der Waals surface area contributed by atoms with Gasteiger partial charge < -0.3 is 28.3 Å². The number of fused-ring (bicyclic) bond motifs is 1. The number of carbonyl (C=O) groups is 1. The van der Waals surface area contributed by atoms with Crippen LogP contribution in [0.4, 0.5) is 5.88 Å². The molecule has 3 aromatic rings. The van der Waals surface area contributed by atoms with Gasteiger partial charge in [0.05, 0.1) is 54.3 Å². The summed E-state index contributed by atoms with van der Waals surface area (Å²) in [7, 11) is 8.23. The van der Waals surface area contributed by atoms with E-state index in [1.807, 2.05) is 19.0 Å². The smallest absolute Gasteiger partial charge is 0.338 e. The van der Waals surface area contributed by atoms with Gasteiger partial charge in [0.15, 0.2) is 16.3 Å². The molecule has 2 aromatic heterocycles. The molecule has 3 heterocycles. The van der Waals surface area contributed by atoms with E-state index in [1.54, 1.807) is 38.1 Å². The Labute approximate surface area is 231 Å². The predicted molar refractivity (Wildman–Crippen MR) is 147 cm³/mol. The maximum Gasteiger partial charge on any atom is 0.338 e. The van der Waals surface area contributed by atoms with Crippen molar-refractivity contribution in [2.24, 2.45) is 4.99 Å². The van der Waals surface area contributed by atoms with E-state index >= 15 is 0 Å². The number of anilines is 1. The third kappa shape index (κ3) is 4.85. The van der Waals surface area contributed by atoms with Gasteiger partial charge in [-0.3, -0.25) is 9.36 Å². The van der Waals surface area contributed by atoms with E-state index in [0.29, 0.717) is 49.5 Å². The van der Waals surface area contributed by atoms with Crippen LogP contribution in [-0.4, -0.2) is 52.6 Å². The molecule has 0 unspecified atom stereocenters. The van der Waals surface area contributed by atoms with Crippen molar-refractivity contribution in [1.29, 1.82) is 0 Å². The van der Waals surface area contributed by atoms with Crippen molar-refractivity contribution in [2.45, 2.75) is 19.9 Å². The summed E-state index contributed by atoms with van der Waals surface area (Å²) in [6.07, 6.45) is 1.66. The Kier molecular flexibility index (Phi) is 8.02. The fourth-order valence-electron chi connectivity index (χ4n) is 4.25. The number of hydrogen-bond donors (Lipinski definition) is 0. The number of halogens is 1. The molecule has 0 aliphatic carbocycles. The summed E-state index contributed by atoms with van der Waals surface area (Å²) in [5, 5.41) is 0. The summed E-state index contributed by atoms with van der Waals surface area (Å²) >= 11 is 4.69. The van der Waals surface area contributed by atoms with Crippen molar-refractivity contribution in [2.75, 3.05) is 46.9 Å². The number of allylic oxidation sites excluding steroid dienone is 1. The van der Waals surface area contributed by atoms with Crippen molar-refractivity contribution in [3.8, 4) is 17.2 Å². The number of ether oxygens (including phenoxy) is 4. The molecule has 0 amide bonds. The number of hydrogen-bond acceptors (Lipinski definition) is 10. The van der Waals surface area contributed by atoms with E-state index in [2.05, 4.69) is 20.9 Å². The van der Waals surface area contributed by atoms with Crippen LogP contribution in [0.2, 0.25) is 0 Å². The van der Waals surface area contributed by atoms with E-state index in [1.165, 1.54) is 37.2 Å². The van der Waals surface area contributed by atoms with E-state index < -0.39 is 12.0 Å². The zero-order chi connectivity index (χ0) is 27.7. The average molecular weight is 606 g/mol. The van der Waals surface area contributed by atoms with Gasteiger partial charge in [-0.1, -0.05) is 11.3 Å². The lowest BCUT2D eigenvalue weighted by atomic mass is 9.95. The Bertz CT molecular complexity index is 1570. The minimum Gasteiger partial charge on any atom is -0.493 e. The highest BCUT2D eigenvalue weighted by atomic mass is 79.9. The molecule has 0 N–H and O–H groups in total. The van der Waals surface area contributed by atoms with Crippen LogP contribution >= 0.6 is 27.3 Å². The largest absolute Gasteiger partial charge is 0.493 e. The second-order valence-electron chi connectivity index (χ2n) is 8.46. The molecule has 0 bridgehead atoms. The molecule has 0 radical (unpaired) electrons. The van der Waals surface area contributed by atoms with Gasteiger partial charge in [0.1, 0.15) is 5.76 Å². The number of methoxy groups -OCH3 is 3. The molecule has 202 valence electrons. The molecule has 0 saturated heterocycles. The van der Waals surface area contributed by atoms with Gasteiger partial charge in [0.2, 0.25) is 11.6 Å². The first-order valence-corrected chi connectivity index (χ1v) is 13.2. The normalized spacial score (nSPS) is 15.2. The van der Waals surface area contributed by atoms with Crippen LogP contribution in [0.15, 0.2) is 48.1 Å². The first kappa shape index (κ1) is 27.5. The van der Waals surface area contributed by atoms with Crippen molar-refractivity contribution in [3.63, 3.8) is 0 Å². The maximum atomic E-state index is 13.8. The summed E-state index contributed by atoms with van der Waals surface area (Å²) in [4.78, 5) is 33.9. The maximum absolute atomic E-state index is 13.8. The third-order valence-corrected chi connectivity index (χ3v) is 7.44. The van der Waals surface area contributed by atoms with Gasteiger partial charge in [-0.2, -0.15) is 0 Å². The zero-order valence-electron chi connectivity index (χ0n) is 22.1. The average Bonchev–Trinajstić information content (AvgIpc) is 3.40. The van der Waals surface area contributed by atoms with Crippen LogP contribution in [0.5, 0.6) is 17.2 Å². The molecule has 12 heteroatoms. The molecular formula is C26H28BrN3O7S. The third-order valence-electron chi connectivity index (χ3n) is 5.89. The van der Waals surface area contributed by atoms with Gasteiger partial charge in [-0.15, -0.1) is 0 Å². The number of nitrogens with zero attached hydrogens (tertiary/aromatic N) is 3. The highest BCUT2D eigenvalue weighted by Gasteiger charge is 2.34. The topological polar surface area (TPSA) is 105 Å². The van der Waals surface area contributed by atoms with Crippen molar-refractivity contribution < 1.29 is 28.2 Å². The number of rotatable bonds is 8. The SMILES string of the molecule is CCOC(=O)C1=C(C)N=c2s/c(=C/c3cc(Br)c(N(C)C)o3)c(=O)n2[C@H]1c1cc(OC)c(OC)c(OC)c1. The Morgan fingerprint density at radius 1 is 1.18 bits per heavy atom. The molecule has 1 aromatic carbocycles. The molecule has 10 nitrogen and oxygen atoms in total. The summed E-state index contributed by atoms with van der Waals surface area (Å²) in [6.45, 7) is 3.62. The van der Waals surface area contributed by atoms with Crippen molar-refractivity contribution in [1.82, 2.24) is 4.57 Å². The van der Waals surface area contributed by atoms with E-state index in [0.717, 1.165) is 4.47 Å². The Morgan fingerprint density at radius 3 is 2.37 bits per heavy atom. The number of aromatic nitrogens is 1. The molecule has 1 aliphatic rings. The van der Waals surface area contributed by atoms with Gasteiger partial charge in [-0.25, -0.2) is 9.79 Å². The van der Waals surface area contributed by atoms with Crippen LogP contribution < -0.4 is 34.0 Å². The summed E-state index contributed by atoms with van der Waals surface area (Å²) in [5.41, 5.74) is 0.933. The predicted octanol–water partition coefficient (Wildman–Crippen LogP) is 3.25. The number of benzene rings is 1. The Balaban J connectivity index is 1.99. The van der Waals surface area contributed by atoms with E-state index in [4.69, 9.17) is 23.4 Å². The molecule has 4 rings (SSSR count). The molecule has 1 aliphatic heterocycles. The van der Waals surface area contributed by atoms with Crippen molar-refractivity contribution >= 4 is 45.2 Å². The fourth-order valence-corrected chi connectivity index (χ4v) is 5.94. The van der Waals surface area contributed by atoms with Crippen molar-refractivity contribution in [3.05, 3.63) is 65.0 Å². The molecule has 38 heavy (non-hydrogen) atoms. The monoisotopic (exact) mass is 605 g/mol. The van der Waals surface area contributed by atoms with Crippen LogP contribution in [0.25, 0.3) is 6.08 Å². The minimum absolute atomic E-state index is 0.170. The van der Waals surface area contributed by atoms with Crippen LogP contribution in [0.3, 0.4) is 0 Å². The number of esters is 1. The summed E-state index contributed by atoms with van der Waals surface area (Å²) in [5.74, 6) is 1.73. The van der Waals surface area contributed by atoms with Crippen LogP contribution in [0, 0.1) is 0 Å². The van der Waals surface area contributed by atoms with E-state index in [9.17, 15) is 9.59 Å². The van der Waals surface area contributed by atoms with Gasteiger partial charge in [0.25, 0.3) is 5.56 Å². The van der Waals surface area contributed by atoms with Gasteiger partial charge in [0, 0.05) is 26.2 Å². The van der Waals surface area contributed by atoms with Crippen LogP contribution in [-0.2, 0) is 9.53 Å². The Morgan fingerprint density at radius 2 is 1.84 bits per heavy atom. The lowest BCUT2D eigenvalue weighted by Crippen LogP contribution is -2.40. The quantitative estimate of drug-likeness (QED) is 0.360. The lowest BCUT2D eigenvalue weighted by Gasteiger charge is -2.26. The van der Waals surface area contributed by atoms with E-state index in [-0.39, 0.29) is 17.7 Å². The fraction of sp³-hybridized carbons (Fsp3) is 0.346. The molecule has 0 spiro atoms. The summed E-state index contributed by atoms with van der Waals surface area (Å²) in [6, 6.07) is 4.38. The lowest BCUT2D eigenvalue weighted by molar-refractivity contribution is -0.139. The van der Waals surface area contributed by atoms with Gasteiger partial charge >= 0.3 is 5.97 Å². The standard InChI is InChI=1S/C26H28BrN3O7S/c1-8-36-25(32)20-13(2)28-26-30(21(20)14-9-17(33-5)22(35-7)18(10-14)34-6)23(31)19(38-26)12-15-11-16(27)24(37-15)29(3)4/h9-12,21H,8H2,1-7H3/b19-12+/t21-/m0/s1. The molecule has 0 saturated carbocycles. The molecular weight excluding hydrogens is 578 g/mol. The highest BCUT2D eigenvalue weighted by Crippen LogP contribution is 2.42. The number of carbonyl (C=O) groups excluding carboxylic acids is 1. The second-order valence-corrected chi connectivity index (χ2v) is 10.3. The second kappa shape index (κ2) is 11.1. The van der Waals surface area contributed by atoms with Gasteiger partial charge in [-0.05, 0) is 47.5 Å².